The van der Waals surface area contributed by atoms with Crippen LogP contribution in [0.5, 0.6) is 0 Å². The molecule has 0 aliphatic heterocycles. The van der Waals surface area contributed by atoms with Gasteiger partial charge in [-0.05, 0) is 37.5 Å². The van der Waals surface area contributed by atoms with Gasteiger partial charge in [-0.2, -0.15) is 0 Å². The molecule has 1 unspecified atom stereocenters. The largest absolute Gasteiger partial charge is 0.384 e. The van der Waals surface area contributed by atoms with Crippen LogP contribution in [0.1, 0.15) is 31.7 Å². The monoisotopic (exact) mass is 223 g/mol. The van der Waals surface area contributed by atoms with Crippen LogP contribution >= 0.6 is 0 Å². The highest BCUT2D eigenvalue weighted by Gasteiger charge is 2.25. The minimum atomic E-state index is -0.927. The summed E-state index contributed by atoms with van der Waals surface area (Å²) in [6.45, 7) is 2.27. The van der Waals surface area contributed by atoms with E-state index in [-0.39, 0.29) is 5.82 Å². The van der Waals surface area contributed by atoms with Gasteiger partial charge in [-0.1, -0.05) is 18.6 Å². The summed E-state index contributed by atoms with van der Waals surface area (Å²) in [5.41, 5.74) is -0.177. The molecule has 0 aromatic heterocycles. The van der Waals surface area contributed by atoms with Gasteiger partial charge in [-0.15, -0.1) is 0 Å². The average molecular weight is 223 g/mol. The molecule has 2 nitrogen and oxygen atoms in total. The van der Waals surface area contributed by atoms with Crippen LogP contribution in [0.4, 0.5) is 4.39 Å². The van der Waals surface area contributed by atoms with Crippen LogP contribution in [-0.4, -0.2) is 17.7 Å². The third-order valence-corrected chi connectivity index (χ3v) is 3.31. The van der Waals surface area contributed by atoms with Crippen molar-refractivity contribution in [1.29, 1.82) is 0 Å². The second-order valence-electron chi connectivity index (χ2n) is 4.79. The molecule has 1 saturated carbocycles. The first-order chi connectivity index (χ1) is 7.58. The van der Waals surface area contributed by atoms with E-state index in [1.807, 2.05) is 0 Å². The van der Waals surface area contributed by atoms with Gasteiger partial charge in [-0.3, -0.25) is 0 Å². The van der Waals surface area contributed by atoms with E-state index in [9.17, 15) is 9.50 Å². The summed E-state index contributed by atoms with van der Waals surface area (Å²) in [6.07, 6.45) is 3.66. The van der Waals surface area contributed by atoms with Crippen molar-refractivity contribution < 1.29 is 9.50 Å². The maximum absolute atomic E-state index is 12.8. The van der Waals surface area contributed by atoms with Gasteiger partial charge in [0.2, 0.25) is 0 Å². The van der Waals surface area contributed by atoms with Crippen molar-refractivity contribution in [3.63, 3.8) is 0 Å². The lowest BCUT2D eigenvalue weighted by atomic mass is 9.90. The van der Waals surface area contributed by atoms with Crippen LogP contribution < -0.4 is 5.32 Å². The van der Waals surface area contributed by atoms with E-state index in [1.165, 1.54) is 31.4 Å². The zero-order valence-electron chi connectivity index (χ0n) is 9.54. The fraction of sp³-hybridized carbons (Fsp3) is 0.538. The summed E-state index contributed by atoms with van der Waals surface area (Å²) < 4.78 is 12.8. The lowest BCUT2D eigenvalue weighted by Crippen LogP contribution is -2.43. The molecule has 0 radical (unpaired) electrons. The van der Waals surface area contributed by atoms with Crippen LogP contribution in [0.25, 0.3) is 0 Å². The SMILES string of the molecule is CC(O)(CNC1CCC1)c1ccc(F)cc1. The molecular formula is C13H18FNO. The summed E-state index contributed by atoms with van der Waals surface area (Å²) in [7, 11) is 0. The van der Waals surface area contributed by atoms with Gasteiger partial charge in [0.25, 0.3) is 0 Å². The molecule has 0 saturated heterocycles. The molecule has 1 fully saturated rings. The molecule has 2 N–H and O–H groups in total. The minimum absolute atomic E-state index is 0.272. The van der Waals surface area contributed by atoms with E-state index in [2.05, 4.69) is 5.32 Å². The number of benzene rings is 1. The summed E-state index contributed by atoms with van der Waals surface area (Å²) in [5, 5.41) is 13.6. The molecule has 1 aliphatic carbocycles. The standard InChI is InChI=1S/C13H18FNO/c1-13(16,9-15-12-3-2-4-12)10-5-7-11(14)8-6-10/h5-8,12,15-16H,2-4,9H2,1H3. The molecule has 1 atom stereocenters. The summed E-state index contributed by atoms with van der Waals surface area (Å²) >= 11 is 0. The summed E-state index contributed by atoms with van der Waals surface area (Å²) in [6, 6.07) is 6.59. The van der Waals surface area contributed by atoms with E-state index in [4.69, 9.17) is 0 Å². The van der Waals surface area contributed by atoms with Gasteiger partial charge >= 0.3 is 0 Å². The minimum Gasteiger partial charge on any atom is -0.384 e. The second kappa shape index (κ2) is 4.52. The summed E-state index contributed by atoms with van der Waals surface area (Å²) in [4.78, 5) is 0. The van der Waals surface area contributed by atoms with Gasteiger partial charge < -0.3 is 10.4 Å². The molecule has 2 rings (SSSR count). The smallest absolute Gasteiger partial charge is 0.123 e. The van der Waals surface area contributed by atoms with Gasteiger partial charge in [-0.25, -0.2) is 4.39 Å². The fourth-order valence-corrected chi connectivity index (χ4v) is 1.87. The molecule has 0 heterocycles. The van der Waals surface area contributed by atoms with Crippen LogP contribution in [0.2, 0.25) is 0 Å². The molecule has 88 valence electrons. The first kappa shape index (κ1) is 11.6. The number of nitrogens with one attached hydrogen (secondary N) is 1. The number of rotatable bonds is 4. The van der Waals surface area contributed by atoms with Crippen molar-refractivity contribution in [2.45, 2.75) is 37.8 Å². The van der Waals surface area contributed by atoms with Crippen molar-refractivity contribution in [1.82, 2.24) is 5.32 Å². The highest BCUT2D eigenvalue weighted by molar-refractivity contribution is 5.22. The third-order valence-electron chi connectivity index (χ3n) is 3.31. The molecular weight excluding hydrogens is 205 g/mol. The van der Waals surface area contributed by atoms with E-state index >= 15 is 0 Å². The Morgan fingerprint density at radius 2 is 2.00 bits per heavy atom. The van der Waals surface area contributed by atoms with Crippen molar-refractivity contribution in [3.8, 4) is 0 Å². The molecule has 16 heavy (non-hydrogen) atoms. The Morgan fingerprint density at radius 3 is 2.50 bits per heavy atom. The van der Waals surface area contributed by atoms with Gasteiger partial charge in [0.15, 0.2) is 0 Å². The van der Waals surface area contributed by atoms with Gasteiger partial charge in [0.1, 0.15) is 5.82 Å². The Labute approximate surface area is 95.5 Å². The number of hydrogen-bond donors (Lipinski definition) is 2. The Balaban J connectivity index is 1.96. The highest BCUT2D eigenvalue weighted by atomic mass is 19.1. The first-order valence-corrected chi connectivity index (χ1v) is 5.80. The zero-order chi connectivity index (χ0) is 11.6. The van der Waals surface area contributed by atoms with Crippen molar-refractivity contribution in [2.75, 3.05) is 6.54 Å². The van der Waals surface area contributed by atoms with Crippen molar-refractivity contribution in [2.24, 2.45) is 0 Å². The topological polar surface area (TPSA) is 32.3 Å². The second-order valence-corrected chi connectivity index (χ2v) is 4.79. The van der Waals surface area contributed by atoms with Crippen LogP contribution in [0.15, 0.2) is 24.3 Å². The number of hydrogen-bond acceptors (Lipinski definition) is 2. The maximum Gasteiger partial charge on any atom is 0.123 e. The Bertz CT molecular complexity index is 343. The van der Waals surface area contributed by atoms with Crippen LogP contribution in [0.3, 0.4) is 0 Å². The van der Waals surface area contributed by atoms with E-state index in [0.717, 1.165) is 5.56 Å². The highest BCUT2D eigenvalue weighted by Crippen LogP contribution is 2.23. The average Bonchev–Trinajstić information content (AvgIpc) is 2.15. The molecule has 0 bridgehead atoms. The van der Waals surface area contributed by atoms with Gasteiger partial charge in [0.05, 0.1) is 5.60 Å². The van der Waals surface area contributed by atoms with E-state index in [0.29, 0.717) is 12.6 Å². The molecule has 0 spiro atoms. The molecule has 0 amide bonds. The van der Waals surface area contributed by atoms with Crippen molar-refractivity contribution in [3.05, 3.63) is 35.6 Å². The maximum atomic E-state index is 12.8. The molecule has 1 aromatic carbocycles. The normalized spacial score (nSPS) is 20.2. The predicted octanol–water partition coefficient (Wildman–Crippen LogP) is 2.18. The van der Waals surface area contributed by atoms with E-state index < -0.39 is 5.60 Å². The lowest BCUT2D eigenvalue weighted by Gasteiger charge is -2.31. The molecule has 3 heteroatoms. The summed E-state index contributed by atoms with van der Waals surface area (Å²) in [5.74, 6) is -0.272. The first-order valence-electron chi connectivity index (χ1n) is 5.80. The Kier molecular flexibility index (Phi) is 3.26. The lowest BCUT2D eigenvalue weighted by molar-refractivity contribution is 0.0502. The quantitative estimate of drug-likeness (QED) is 0.820. The van der Waals surface area contributed by atoms with E-state index in [1.54, 1.807) is 19.1 Å². The van der Waals surface area contributed by atoms with Gasteiger partial charge in [0, 0.05) is 12.6 Å². The molecule has 1 aromatic rings. The Hall–Kier alpha value is -0.930. The fourth-order valence-electron chi connectivity index (χ4n) is 1.87. The number of aliphatic hydroxyl groups is 1. The predicted molar refractivity (Wildman–Crippen MR) is 61.6 cm³/mol. The zero-order valence-corrected chi connectivity index (χ0v) is 9.54. The third kappa shape index (κ3) is 2.60. The molecule has 1 aliphatic rings. The van der Waals surface area contributed by atoms with Crippen LogP contribution in [0, 0.1) is 5.82 Å². The Morgan fingerprint density at radius 1 is 1.38 bits per heavy atom. The van der Waals surface area contributed by atoms with Crippen LogP contribution in [-0.2, 0) is 5.60 Å². The van der Waals surface area contributed by atoms with Crippen molar-refractivity contribution >= 4 is 0 Å². The number of halogens is 1.